The zero-order chi connectivity index (χ0) is 19.0. The Morgan fingerprint density at radius 2 is 1.74 bits per heavy atom. The minimum atomic E-state index is -0.151. The van der Waals surface area contributed by atoms with Gasteiger partial charge in [0, 0.05) is 16.8 Å². The van der Waals surface area contributed by atoms with Crippen molar-refractivity contribution < 1.29 is 9.32 Å². The number of carbonyl (C=O) groups excluding carboxylic acids is 1. The van der Waals surface area contributed by atoms with Crippen LogP contribution in [0.4, 0.5) is 5.69 Å². The quantitative estimate of drug-likeness (QED) is 0.514. The fourth-order valence-electron chi connectivity index (χ4n) is 3.08. The van der Waals surface area contributed by atoms with Gasteiger partial charge in [0.1, 0.15) is 5.52 Å². The summed E-state index contributed by atoms with van der Waals surface area (Å²) >= 11 is 0. The van der Waals surface area contributed by atoms with Gasteiger partial charge in [0.2, 0.25) is 0 Å². The first-order valence-corrected chi connectivity index (χ1v) is 8.87. The lowest BCUT2D eigenvalue weighted by molar-refractivity contribution is 0.102. The summed E-state index contributed by atoms with van der Waals surface area (Å²) in [5, 5.41) is 7.95. The van der Waals surface area contributed by atoms with Crippen molar-refractivity contribution in [2.45, 2.75) is 20.8 Å². The number of rotatable bonds is 3. The van der Waals surface area contributed by atoms with E-state index < -0.39 is 0 Å². The average Bonchev–Trinajstić information content (AvgIpc) is 3.09. The first-order valence-electron chi connectivity index (χ1n) is 8.87. The van der Waals surface area contributed by atoms with E-state index in [0.29, 0.717) is 11.3 Å². The van der Waals surface area contributed by atoms with Gasteiger partial charge in [-0.15, -0.1) is 0 Å². The molecule has 134 valence electrons. The van der Waals surface area contributed by atoms with E-state index in [4.69, 9.17) is 4.52 Å². The molecule has 1 aromatic heterocycles. The molecule has 1 heterocycles. The molecule has 4 rings (SSSR count). The minimum absolute atomic E-state index is 0.151. The molecule has 0 saturated carbocycles. The molecule has 0 aliphatic heterocycles. The number of anilines is 1. The molecule has 0 fully saturated rings. The number of carbonyl (C=O) groups is 1. The summed E-state index contributed by atoms with van der Waals surface area (Å²) in [6, 6.07) is 19.4. The van der Waals surface area contributed by atoms with Gasteiger partial charge in [-0.25, -0.2) is 0 Å². The maximum absolute atomic E-state index is 12.8. The predicted molar refractivity (Wildman–Crippen MR) is 108 cm³/mol. The van der Waals surface area contributed by atoms with Crippen molar-refractivity contribution in [3.8, 4) is 11.3 Å². The second kappa shape index (κ2) is 6.72. The number of hydrogen-bond donors (Lipinski definition) is 1. The Kier molecular flexibility index (Phi) is 4.24. The highest BCUT2D eigenvalue weighted by Gasteiger charge is 2.15. The van der Waals surface area contributed by atoms with E-state index in [1.165, 1.54) is 5.56 Å². The summed E-state index contributed by atoms with van der Waals surface area (Å²) in [6.07, 6.45) is 0. The lowest BCUT2D eigenvalue weighted by atomic mass is 10.0. The van der Waals surface area contributed by atoms with Gasteiger partial charge in [-0.2, -0.15) is 0 Å². The zero-order valence-corrected chi connectivity index (χ0v) is 15.5. The Morgan fingerprint density at radius 1 is 0.963 bits per heavy atom. The van der Waals surface area contributed by atoms with Crippen LogP contribution in [0.25, 0.3) is 22.2 Å². The third kappa shape index (κ3) is 3.22. The fraction of sp³-hybridized carbons (Fsp3) is 0.130. The van der Waals surface area contributed by atoms with Gasteiger partial charge in [0.25, 0.3) is 5.91 Å². The lowest BCUT2D eigenvalue weighted by Crippen LogP contribution is -2.13. The molecule has 0 atom stereocenters. The Balaban J connectivity index is 1.70. The first kappa shape index (κ1) is 17.0. The molecular weight excluding hydrogens is 336 g/mol. The maximum atomic E-state index is 12.8. The van der Waals surface area contributed by atoms with E-state index in [9.17, 15) is 4.79 Å². The molecule has 0 spiro atoms. The fourth-order valence-corrected chi connectivity index (χ4v) is 3.08. The third-order valence-corrected chi connectivity index (χ3v) is 4.91. The van der Waals surface area contributed by atoms with Gasteiger partial charge >= 0.3 is 0 Å². The molecule has 1 amide bonds. The number of benzene rings is 3. The van der Waals surface area contributed by atoms with Crippen molar-refractivity contribution in [1.82, 2.24) is 5.16 Å². The molecule has 1 N–H and O–H groups in total. The summed E-state index contributed by atoms with van der Waals surface area (Å²) in [6.45, 7) is 6.07. The van der Waals surface area contributed by atoms with Crippen molar-refractivity contribution in [3.05, 3.63) is 82.9 Å². The third-order valence-electron chi connectivity index (χ3n) is 4.91. The van der Waals surface area contributed by atoms with Crippen LogP contribution < -0.4 is 5.32 Å². The molecule has 0 aliphatic carbocycles. The topological polar surface area (TPSA) is 55.1 Å². The van der Waals surface area contributed by atoms with Crippen molar-refractivity contribution in [2.75, 3.05) is 5.32 Å². The second-order valence-corrected chi connectivity index (χ2v) is 6.81. The van der Waals surface area contributed by atoms with E-state index in [2.05, 4.69) is 10.5 Å². The van der Waals surface area contributed by atoms with Crippen LogP contribution in [0.3, 0.4) is 0 Å². The van der Waals surface area contributed by atoms with E-state index in [0.717, 1.165) is 33.3 Å². The number of nitrogens with zero attached hydrogens (tertiary/aromatic N) is 1. The van der Waals surface area contributed by atoms with Crippen LogP contribution in [0.5, 0.6) is 0 Å². The zero-order valence-electron chi connectivity index (χ0n) is 15.5. The molecule has 0 unspecified atom stereocenters. The van der Waals surface area contributed by atoms with Crippen molar-refractivity contribution in [2.24, 2.45) is 0 Å². The predicted octanol–water partition coefficient (Wildman–Crippen LogP) is 5.67. The van der Waals surface area contributed by atoms with Crippen LogP contribution in [0.2, 0.25) is 0 Å². The highest BCUT2D eigenvalue weighted by molar-refractivity contribution is 6.07. The average molecular weight is 356 g/mol. The number of amides is 1. The second-order valence-electron chi connectivity index (χ2n) is 6.81. The molecule has 3 aromatic carbocycles. The molecule has 0 bridgehead atoms. The van der Waals surface area contributed by atoms with Crippen molar-refractivity contribution in [3.63, 3.8) is 0 Å². The number of aryl methyl sites for hydroxylation is 2. The Labute approximate surface area is 157 Å². The molecular formula is C23H20N2O2. The van der Waals surface area contributed by atoms with Crippen molar-refractivity contribution >= 4 is 22.5 Å². The van der Waals surface area contributed by atoms with E-state index in [1.807, 2.05) is 75.4 Å². The van der Waals surface area contributed by atoms with Crippen LogP contribution in [0.1, 0.15) is 27.0 Å². The van der Waals surface area contributed by atoms with E-state index in [1.54, 1.807) is 6.07 Å². The normalized spacial score (nSPS) is 10.9. The number of hydrogen-bond acceptors (Lipinski definition) is 3. The Morgan fingerprint density at radius 3 is 2.52 bits per heavy atom. The van der Waals surface area contributed by atoms with Gasteiger partial charge in [-0.1, -0.05) is 47.1 Å². The van der Waals surface area contributed by atoms with E-state index >= 15 is 0 Å². The van der Waals surface area contributed by atoms with Crippen LogP contribution in [-0.4, -0.2) is 11.1 Å². The highest BCUT2D eigenvalue weighted by Crippen LogP contribution is 2.30. The summed E-state index contributed by atoms with van der Waals surface area (Å²) in [5.74, 6) is 0.521. The standard InChI is InChI=1S/C23H20N2O2/c1-14-7-9-17(10-8-14)22-19-13-18(11-12-21(19)25-27-22)23(26)24-20-6-4-5-15(2)16(20)3/h4-13H,1-3H3,(H,24,26). The molecule has 27 heavy (non-hydrogen) atoms. The Hall–Kier alpha value is -3.40. The van der Waals surface area contributed by atoms with Gasteiger partial charge < -0.3 is 9.84 Å². The van der Waals surface area contributed by atoms with Gasteiger partial charge in [0.15, 0.2) is 5.76 Å². The molecule has 0 radical (unpaired) electrons. The lowest BCUT2D eigenvalue weighted by Gasteiger charge is -2.10. The number of fused-ring (bicyclic) bond motifs is 1. The highest BCUT2D eigenvalue weighted by atomic mass is 16.5. The van der Waals surface area contributed by atoms with E-state index in [-0.39, 0.29) is 5.91 Å². The smallest absolute Gasteiger partial charge is 0.255 e. The van der Waals surface area contributed by atoms with Crippen LogP contribution in [0.15, 0.2) is 65.2 Å². The molecule has 0 aliphatic rings. The van der Waals surface area contributed by atoms with Crippen molar-refractivity contribution in [1.29, 1.82) is 0 Å². The largest absolute Gasteiger partial charge is 0.355 e. The summed E-state index contributed by atoms with van der Waals surface area (Å²) in [4.78, 5) is 12.8. The molecule has 4 aromatic rings. The molecule has 4 nitrogen and oxygen atoms in total. The summed E-state index contributed by atoms with van der Waals surface area (Å²) in [5.41, 5.74) is 6.45. The maximum Gasteiger partial charge on any atom is 0.255 e. The van der Waals surface area contributed by atoms with Gasteiger partial charge in [-0.3, -0.25) is 4.79 Å². The summed E-state index contributed by atoms with van der Waals surface area (Å²) < 4.78 is 5.55. The Bertz CT molecular complexity index is 1140. The van der Waals surface area contributed by atoms with Crippen LogP contribution in [0, 0.1) is 20.8 Å². The summed E-state index contributed by atoms with van der Waals surface area (Å²) in [7, 11) is 0. The van der Waals surface area contributed by atoms with Crippen LogP contribution >= 0.6 is 0 Å². The SMILES string of the molecule is Cc1ccc(-c2onc3ccc(C(=O)Nc4cccc(C)c4C)cc23)cc1. The molecule has 4 heteroatoms. The molecule has 0 saturated heterocycles. The number of nitrogens with one attached hydrogen (secondary N) is 1. The van der Waals surface area contributed by atoms with Crippen LogP contribution in [-0.2, 0) is 0 Å². The number of aromatic nitrogens is 1. The monoisotopic (exact) mass is 356 g/mol. The minimum Gasteiger partial charge on any atom is -0.355 e. The van der Waals surface area contributed by atoms with Gasteiger partial charge in [-0.05, 0) is 56.2 Å². The van der Waals surface area contributed by atoms with Gasteiger partial charge in [0.05, 0.1) is 5.39 Å². The first-order chi connectivity index (χ1) is 13.0.